The number of hydrogen-bond acceptors (Lipinski definition) is 10. The zero-order valence-electron chi connectivity index (χ0n) is 33.0. The van der Waals surface area contributed by atoms with Gasteiger partial charge < -0.3 is 39.4 Å². The highest BCUT2D eigenvalue weighted by Gasteiger charge is 2.33. The van der Waals surface area contributed by atoms with Crippen molar-refractivity contribution in [3.63, 3.8) is 0 Å². The molecular formula is C44H52F4N2O8P2. The third-order valence-electron chi connectivity index (χ3n) is 11.4. The number of halogens is 4. The third-order valence-corrected chi connectivity index (χ3v) is 12.2. The van der Waals surface area contributed by atoms with Crippen LogP contribution in [0, 0.1) is 23.3 Å². The molecule has 4 aromatic carbocycles. The van der Waals surface area contributed by atoms with E-state index in [1.165, 1.54) is 48.5 Å². The molecule has 2 unspecified atom stereocenters. The second-order valence-corrected chi connectivity index (χ2v) is 17.4. The molecule has 0 spiro atoms. The van der Waals surface area contributed by atoms with Crippen LogP contribution in [0.5, 0.6) is 23.0 Å². The summed E-state index contributed by atoms with van der Waals surface area (Å²) in [4.78, 5) is 0. The molecule has 0 aromatic heterocycles. The summed E-state index contributed by atoms with van der Waals surface area (Å²) >= 11 is 0. The second kappa shape index (κ2) is 20.1. The summed E-state index contributed by atoms with van der Waals surface area (Å²) in [5.74, 6) is 1.25. The van der Waals surface area contributed by atoms with Crippen LogP contribution in [0.1, 0.15) is 47.9 Å². The van der Waals surface area contributed by atoms with E-state index in [1.807, 2.05) is 0 Å². The van der Waals surface area contributed by atoms with Crippen molar-refractivity contribution in [1.82, 2.24) is 9.34 Å². The average molecular weight is 875 g/mol. The second-order valence-electron chi connectivity index (χ2n) is 16.0. The van der Waals surface area contributed by atoms with Crippen molar-refractivity contribution in [3.8, 4) is 23.0 Å². The Bertz CT molecular complexity index is 1800. The highest BCUT2D eigenvalue weighted by atomic mass is 31.0. The van der Waals surface area contributed by atoms with Gasteiger partial charge in [0, 0.05) is 26.2 Å². The van der Waals surface area contributed by atoms with Gasteiger partial charge in [-0.25, -0.2) is 17.6 Å². The molecule has 4 heterocycles. The van der Waals surface area contributed by atoms with Crippen LogP contribution < -0.4 is 18.9 Å². The Kier molecular flexibility index (Phi) is 14.9. The van der Waals surface area contributed by atoms with Gasteiger partial charge in [0.1, 0.15) is 95.1 Å². The van der Waals surface area contributed by atoms with Crippen LogP contribution >= 0.6 is 18.8 Å². The van der Waals surface area contributed by atoms with E-state index in [0.717, 1.165) is 22.3 Å². The van der Waals surface area contributed by atoms with E-state index in [2.05, 4.69) is 18.8 Å². The summed E-state index contributed by atoms with van der Waals surface area (Å²) in [5.41, 5.74) is 3.25. The molecule has 10 atom stereocenters. The molecule has 60 heavy (non-hydrogen) atoms. The predicted molar refractivity (Wildman–Crippen MR) is 223 cm³/mol. The maximum absolute atomic E-state index is 13.3. The maximum atomic E-state index is 13.3. The number of hydrogen-bond donors (Lipinski definition) is 4. The van der Waals surface area contributed by atoms with Crippen LogP contribution in [-0.2, 0) is 25.7 Å². The van der Waals surface area contributed by atoms with Gasteiger partial charge in [0.2, 0.25) is 0 Å². The zero-order chi connectivity index (χ0) is 42.5. The first-order chi connectivity index (χ1) is 28.8. The van der Waals surface area contributed by atoms with Gasteiger partial charge in [-0.05, 0) is 146 Å². The third kappa shape index (κ3) is 11.5. The van der Waals surface area contributed by atoms with Crippen LogP contribution in [0.2, 0.25) is 0 Å². The Morgan fingerprint density at radius 2 is 0.650 bits per heavy atom. The number of ether oxygens (including phenoxy) is 4. The predicted octanol–water partition coefficient (Wildman–Crippen LogP) is 5.73. The number of benzene rings is 4. The standard InChI is InChI=1S/2C22H26F2NO4P/c2*23-15-3-7-19-13(9-15)1-5-21(28-19)17(26)11-25(30)12-18(27)22-6-2-14-10-16(24)4-8-20(14)29-22/h2*3-4,7-10,17-18,21-22,26-27H,1-2,5-6,11-12,30H2/t2*17-,18-,21-,22+/m11/s1. The average Bonchev–Trinajstić information content (AvgIpc) is 3.22. The van der Waals surface area contributed by atoms with E-state index in [9.17, 15) is 38.0 Å². The van der Waals surface area contributed by atoms with E-state index in [-0.39, 0.29) is 49.4 Å². The fourth-order valence-corrected chi connectivity index (χ4v) is 9.04. The van der Waals surface area contributed by atoms with Gasteiger partial charge in [-0.2, -0.15) is 0 Å². The van der Waals surface area contributed by atoms with Crippen LogP contribution in [0.3, 0.4) is 0 Å². The Morgan fingerprint density at radius 3 is 0.867 bits per heavy atom. The topological polar surface area (TPSA) is 124 Å². The zero-order valence-corrected chi connectivity index (χ0v) is 35.3. The molecule has 4 aromatic rings. The largest absolute Gasteiger partial charge is 0.487 e. The SMILES string of the molecule is O[C@H](CN(P)C[C@@H](O)[C@H]1CCc2cc(F)ccc2O1)[C@@H]1CCc2cc(F)ccc2O1.O[C@H](CN(P)C[C@@H](O)[C@H]1CCc2cc(F)ccc2O1)[C@@H]1CCc2cc(F)ccc2O1. The highest BCUT2D eigenvalue weighted by Crippen LogP contribution is 2.34. The van der Waals surface area contributed by atoms with Gasteiger partial charge in [-0.15, -0.1) is 0 Å². The van der Waals surface area contributed by atoms with E-state index in [1.54, 1.807) is 33.6 Å². The van der Waals surface area contributed by atoms with Crippen molar-refractivity contribution in [3.05, 3.63) is 118 Å². The van der Waals surface area contributed by atoms with Gasteiger partial charge in [-0.1, -0.05) is 18.8 Å². The van der Waals surface area contributed by atoms with Crippen molar-refractivity contribution in [1.29, 1.82) is 0 Å². The molecule has 4 aliphatic heterocycles. The summed E-state index contributed by atoms with van der Waals surface area (Å²) < 4.78 is 80.3. The first-order valence-corrected chi connectivity index (χ1v) is 21.3. The Labute approximate surface area is 351 Å². The van der Waals surface area contributed by atoms with Crippen molar-refractivity contribution < 1.29 is 56.9 Å². The monoisotopic (exact) mass is 874 g/mol. The Morgan fingerprint density at radius 1 is 0.433 bits per heavy atom. The molecule has 0 saturated heterocycles. The number of aliphatic hydroxyl groups excluding tert-OH is 4. The van der Waals surface area contributed by atoms with Gasteiger partial charge in [0.15, 0.2) is 0 Å². The quantitative estimate of drug-likeness (QED) is 0.104. The normalized spacial score (nSPS) is 22.5. The molecule has 16 heteroatoms. The minimum atomic E-state index is -0.760. The fraction of sp³-hybridized carbons (Fsp3) is 0.455. The lowest BCUT2D eigenvalue weighted by Gasteiger charge is -2.34. The van der Waals surface area contributed by atoms with Gasteiger partial charge in [0.05, 0.1) is 0 Å². The number of fused-ring (bicyclic) bond motifs is 4. The van der Waals surface area contributed by atoms with Crippen LogP contribution in [0.25, 0.3) is 0 Å². The van der Waals surface area contributed by atoms with Crippen LogP contribution in [0.15, 0.2) is 72.8 Å². The molecule has 0 radical (unpaired) electrons. The smallest absolute Gasteiger partial charge is 0.126 e. The number of rotatable bonds is 12. The molecule has 8 rings (SSSR count). The molecule has 0 fully saturated rings. The number of aryl methyl sites for hydroxylation is 4. The summed E-state index contributed by atoms with van der Waals surface area (Å²) in [5, 5.41) is 42.4. The lowest BCUT2D eigenvalue weighted by Crippen LogP contribution is -2.45. The summed E-state index contributed by atoms with van der Waals surface area (Å²) in [6.45, 7) is 1.16. The van der Waals surface area contributed by atoms with Gasteiger partial charge in [-0.3, -0.25) is 9.34 Å². The van der Waals surface area contributed by atoms with Crippen molar-refractivity contribution in [2.45, 2.75) is 100 Å². The van der Waals surface area contributed by atoms with Gasteiger partial charge in [0.25, 0.3) is 0 Å². The molecule has 0 aliphatic carbocycles. The number of nitrogens with zero attached hydrogens (tertiary/aromatic N) is 2. The van der Waals surface area contributed by atoms with Gasteiger partial charge >= 0.3 is 0 Å². The first kappa shape index (κ1) is 44.5. The van der Waals surface area contributed by atoms with Crippen LogP contribution in [-0.4, -0.2) is 105 Å². The molecule has 4 N–H and O–H groups in total. The first-order valence-electron chi connectivity index (χ1n) is 20.3. The highest BCUT2D eigenvalue weighted by molar-refractivity contribution is 7.13. The Balaban J connectivity index is 0.000000181. The minimum absolute atomic E-state index is 0.289. The molecule has 0 saturated carbocycles. The van der Waals surface area contributed by atoms with Crippen molar-refractivity contribution in [2.75, 3.05) is 26.2 Å². The van der Waals surface area contributed by atoms with E-state index in [0.29, 0.717) is 74.4 Å². The molecule has 4 aliphatic rings. The Hall–Kier alpha value is -3.58. The molecule has 0 bridgehead atoms. The maximum Gasteiger partial charge on any atom is 0.126 e. The minimum Gasteiger partial charge on any atom is -0.487 e. The van der Waals surface area contributed by atoms with E-state index < -0.39 is 48.8 Å². The molecule has 0 amide bonds. The summed E-state index contributed by atoms with van der Waals surface area (Å²) in [7, 11) is 5.05. The van der Waals surface area contributed by atoms with Crippen molar-refractivity contribution >= 4 is 18.8 Å². The van der Waals surface area contributed by atoms with E-state index >= 15 is 0 Å². The number of aliphatic hydroxyl groups is 4. The van der Waals surface area contributed by atoms with Crippen LogP contribution in [0.4, 0.5) is 17.6 Å². The summed E-state index contributed by atoms with van der Waals surface area (Å²) in [6, 6.07) is 17.6. The van der Waals surface area contributed by atoms with Crippen molar-refractivity contribution in [2.24, 2.45) is 0 Å². The molecular weight excluding hydrogens is 822 g/mol. The summed E-state index contributed by atoms with van der Waals surface area (Å²) in [6.07, 6.45) is 0.340. The lowest BCUT2D eigenvalue weighted by atomic mass is 9.98. The molecule has 324 valence electrons. The van der Waals surface area contributed by atoms with E-state index in [4.69, 9.17) is 18.9 Å². The lowest BCUT2D eigenvalue weighted by molar-refractivity contribution is -0.00762. The fourth-order valence-electron chi connectivity index (χ4n) is 8.18. The molecule has 10 nitrogen and oxygen atoms in total.